The highest BCUT2D eigenvalue weighted by Crippen LogP contribution is 2.49. The summed E-state index contributed by atoms with van der Waals surface area (Å²) in [6, 6.07) is 8.45. The maximum Gasteiger partial charge on any atom is 0.408 e. The Morgan fingerprint density at radius 3 is 2.28 bits per heavy atom. The molecule has 0 aromatic heterocycles. The summed E-state index contributed by atoms with van der Waals surface area (Å²) in [7, 11) is -4.68. The van der Waals surface area contributed by atoms with Crippen molar-refractivity contribution in [2.24, 2.45) is 5.41 Å². The van der Waals surface area contributed by atoms with E-state index in [9.17, 15) is 17.1 Å². The minimum Gasteiger partial charge on any atom is -0.444 e. The van der Waals surface area contributed by atoms with E-state index in [1.807, 2.05) is 30.3 Å². The van der Waals surface area contributed by atoms with E-state index in [1.54, 1.807) is 20.8 Å². The molecule has 0 spiro atoms. The van der Waals surface area contributed by atoms with Crippen LogP contribution in [0, 0.1) is 5.41 Å². The minimum atomic E-state index is -4.68. The molecule has 0 heterocycles. The van der Waals surface area contributed by atoms with E-state index in [0.29, 0.717) is 12.8 Å². The number of hydrogen-bond acceptors (Lipinski definition) is 4. The highest BCUT2D eigenvalue weighted by atomic mass is 32.3. The van der Waals surface area contributed by atoms with Crippen LogP contribution in [0.4, 0.5) is 8.68 Å². The number of rotatable bonds is 5. The van der Waals surface area contributed by atoms with E-state index in [1.165, 1.54) is 0 Å². The number of hydrogen-bond donors (Lipinski definition) is 1. The average molecular weight is 371 g/mol. The maximum absolute atomic E-state index is 13.6. The molecule has 0 bridgehead atoms. The molecule has 1 aliphatic carbocycles. The van der Waals surface area contributed by atoms with Crippen molar-refractivity contribution in [3.8, 4) is 0 Å². The van der Waals surface area contributed by atoms with Crippen LogP contribution in [0.25, 0.3) is 0 Å². The van der Waals surface area contributed by atoms with Gasteiger partial charge in [0.05, 0.1) is 11.8 Å². The van der Waals surface area contributed by atoms with Crippen LogP contribution in [0.5, 0.6) is 0 Å². The molecular formula is C18H26FNO4S. The van der Waals surface area contributed by atoms with Crippen LogP contribution in [0.15, 0.2) is 30.3 Å². The second kappa shape index (κ2) is 7.32. The zero-order chi connectivity index (χ0) is 18.7. The first kappa shape index (κ1) is 19.7. The van der Waals surface area contributed by atoms with Gasteiger partial charge in [0.1, 0.15) is 5.60 Å². The van der Waals surface area contributed by atoms with Crippen molar-refractivity contribution in [1.82, 2.24) is 5.32 Å². The molecule has 1 unspecified atom stereocenters. The Labute approximate surface area is 149 Å². The maximum atomic E-state index is 13.6. The molecule has 0 aliphatic heterocycles. The summed E-state index contributed by atoms with van der Waals surface area (Å²) in [6.45, 7) is 5.25. The molecule has 1 aromatic rings. The summed E-state index contributed by atoms with van der Waals surface area (Å²) in [4.78, 5) is 12.3. The molecule has 1 aliphatic rings. The van der Waals surface area contributed by atoms with Gasteiger partial charge in [-0.3, -0.25) is 0 Å². The summed E-state index contributed by atoms with van der Waals surface area (Å²) in [5, 5.41) is 2.80. The zero-order valence-corrected chi connectivity index (χ0v) is 15.7. The van der Waals surface area contributed by atoms with Crippen molar-refractivity contribution in [2.45, 2.75) is 58.1 Å². The monoisotopic (exact) mass is 371 g/mol. The van der Waals surface area contributed by atoms with Gasteiger partial charge in [0.15, 0.2) is 0 Å². The molecule has 0 saturated heterocycles. The van der Waals surface area contributed by atoms with Gasteiger partial charge in [-0.15, -0.1) is 3.89 Å². The number of carbonyl (C=O) groups is 1. The van der Waals surface area contributed by atoms with Crippen LogP contribution >= 0.6 is 0 Å². The van der Waals surface area contributed by atoms with Gasteiger partial charge < -0.3 is 10.1 Å². The molecule has 1 saturated carbocycles. The molecule has 1 aromatic carbocycles. The van der Waals surface area contributed by atoms with Crippen LogP contribution in [0.1, 0.15) is 58.1 Å². The third kappa shape index (κ3) is 5.70. The van der Waals surface area contributed by atoms with Crippen LogP contribution in [0.2, 0.25) is 0 Å². The standard InChI is InChI=1S/C18H26FNO4S/c1-17(2,3)24-16(21)20-15(14-9-5-4-6-10-14)18(11-7-8-12-18)13-25(19,22)23/h4-6,9-10,15H,7-8,11-13H2,1-3H3,(H,20,21). The Kier molecular flexibility index (Phi) is 5.76. The topological polar surface area (TPSA) is 72.5 Å². The number of nitrogens with one attached hydrogen (secondary N) is 1. The van der Waals surface area contributed by atoms with Crippen LogP contribution in [-0.4, -0.2) is 25.9 Å². The van der Waals surface area contributed by atoms with Crippen molar-refractivity contribution in [2.75, 3.05) is 5.75 Å². The van der Waals surface area contributed by atoms with Crippen molar-refractivity contribution in [3.63, 3.8) is 0 Å². The fraction of sp³-hybridized carbons (Fsp3) is 0.611. The fourth-order valence-electron chi connectivity index (χ4n) is 3.60. The average Bonchev–Trinajstić information content (AvgIpc) is 2.91. The highest BCUT2D eigenvalue weighted by molar-refractivity contribution is 7.86. The summed E-state index contributed by atoms with van der Waals surface area (Å²) < 4.78 is 41.8. The molecule has 140 valence electrons. The molecule has 1 atom stereocenters. The van der Waals surface area contributed by atoms with Gasteiger partial charge in [-0.05, 0) is 39.2 Å². The molecule has 1 N–H and O–H groups in total. The molecule has 2 rings (SSSR count). The summed E-state index contributed by atoms with van der Waals surface area (Å²) in [5.41, 5.74) is -0.800. The van der Waals surface area contributed by atoms with Gasteiger partial charge in [0.2, 0.25) is 0 Å². The van der Waals surface area contributed by atoms with Gasteiger partial charge in [0.25, 0.3) is 0 Å². The first-order valence-corrected chi connectivity index (χ1v) is 10.0. The number of carbonyl (C=O) groups excluding carboxylic acids is 1. The normalized spacial score (nSPS) is 18.6. The molecule has 0 radical (unpaired) electrons. The first-order chi connectivity index (χ1) is 11.5. The molecule has 1 amide bonds. The Morgan fingerprint density at radius 2 is 1.80 bits per heavy atom. The summed E-state index contributed by atoms with van der Waals surface area (Å²) in [5.74, 6) is -0.602. The third-order valence-electron chi connectivity index (χ3n) is 4.47. The lowest BCUT2D eigenvalue weighted by atomic mass is 9.77. The van der Waals surface area contributed by atoms with Crippen molar-refractivity contribution < 1.29 is 21.8 Å². The molecule has 5 nitrogen and oxygen atoms in total. The predicted molar refractivity (Wildman–Crippen MR) is 94.3 cm³/mol. The molecule has 7 heteroatoms. The van der Waals surface area contributed by atoms with Gasteiger partial charge in [-0.1, -0.05) is 43.2 Å². The Morgan fingerprint density at radius 1 is 1.24 bits per heavy atom. The van der Waals surface area contributed by atoms with E-state index in [4.69, 9.17) is 4.74 Å². The minimum absolute atomic E-state index is 0.533. The summed E-state index contributed by atoms with van der Waals surface area (Å²) in [6.07, 6.45) is 2.03. The second-order valence-electron chi connectivity index (χ2n) is 7.74. The Balaban J connectivity index is 2.38. The lowest BCUT2D eigenvalue weighted by molar-refractivity contribution is 0.0450. The second-order valence-corrected chi connectivity index (χ2v) is 9.11. The lowest BCUT2D eigenvalue weighted by Crippen LogP contribution is -2.44. The molecule has 25 heavy (non-hydrogen) atoms. The highest BCUT2D eigenvalue weighted by Gasteiger charge is 2.46. The van der Waals surface area contributed by atoms with Crippen LogP contribution < -0.4 is 5.32 Å². The van der Waals surface area contributed by atoms with Crippen LogP contribution in [0.3, 0.4) is 0 Å². The van der Waals surface area contributed by atoms with E-state index in [0.717, 1.165) is 18.4 Å². The predicted octanol–water partition coefficient (Wildman–Crippen LogP) is 4.11. The van der Waals surface area contributed by atoms with E-state index in [2.05, 4.69) is 5.32 Å². The van der Waals surface area contributed by atoms with E-state index < -0.39 is 39.1 Å². The molecular weight excluding hydrogens is 345 g/mol. The number of amides is 1. The third-order valence-corrected chi connectivity index (χ3v) is 5.39. The van der Waals surface area contributed by atoms with Crippen molar-refractivity contribution in [1.29, 1.82) is 0 Å². The number of ether oxygens (including phenoxy) is 1. The van der Waals surface area contributed by atoms with Gasteiger partial charge >= 0.3 is 16.3 Å². The smallest absolute Gasteiger partial charge is 0.408 e. The number of alkyl carbamates (subject to hydrolysis) is 1. The SMILES string of the molecule is CC(C)(C)OC(=O)NC(c1ccccc1)C1(CS(=O)(=O)F)CCCC1. The van der Waals surface area contributed by atoms with Gasteiger partial charge in [-0.2, -0.15) is 8.42 Å². The Hall–Kier alpha value is -1.63. The Bertz CT molecular complexity index is 692. The lowest BCUT2D eigenvalue weighted by Gasteiger charge is -2.37. The fourth-order valence-corrected chi connectivity index (χ4v) is 4.74. The molecule has 1 fully saturated rings. The van der Waals surface area contributed by atoms with Gasteiger partial charge in [-0.25, -0.2) is 4.79 Å². The first-order valence-electron chi connectivity index (χ1n) is 8.48. The summed E-state index contributed by atoms with van der Waals surface area (Å²) >= 11 is 0. The van der Waals surface area contributed by atoms with E-state index >= 15 is 0 Å². The van der Waals surface area contributed by atoms with Gasteiger partial charge in [0, 0.05) is 5.41 Å². The quantitative estimate of drug-likeness (QED) is 0.791. The number of halogens is 1. The van der Waals surface area contributed by atoms with Crippen LogP contribution in [-0.2, 0) is 15.0 Å². The largest absolute Gasteiger partial charge is 0.444 e. The van der Waals surface area contributed by atoms with Crippen molar-refractivity contribution >= 4 is 16.3 Å². The van der Waals surface area contributed by atoms with E-state index in [-0.39, 0.29) is 0 Å². The number of benzene rings is 1. The zero-order valence-electron chi connectivity index (χ0n) is 14.9. The van der Waals surface area contributed by atoms with Crippen molar-refractivity contribution in [3.05, 3.63) is 35.9 Å².